The molecule has 1 aromatic rings. The largest absolute Gasteiger partial charge is 0.399 e. The molecule has 0 spiro atoms. The van der Waals surface area contributed by atoms with Crippen LogP contribution in [0.25, 0.3) is 0 Å². The van der Waals surface area contributed by atoms with Crippen LogP contribution in [0.3, 0.4) is 0 Å². The summed E-state index contributed by atoms with van der Waals surface area (Å²) in [6.45, 7) is 2.47. The van der Waals surface area contributed by atoms with Crippen LogP contribution < -0.4 is 5.73 Å². The van der Waals surface area contributed by atoms with Crippen molar-refractivity contribution in [3.05, 3.63) is 29.8 Å². The predicted molar refractivity (Wildman–Crippen MR) is 81.0 cm³/mol. The molecule has 2 bridgehead atoms. The van der Waals surface area contributed by atoms with Crippen molar-refractivity contribution in [1.82, 2.24) is 4.90 Å². The van der Waals surface area contributed by atoms with E-state index in [2.05, 4.69) is 24.1 Å². The van der Waals surface area contributed by atoms with Crippen molar-refractivity contribution in [1.29, 1.82) is 0 Å². The topological polar surface area (TPSA) is 29.3 Å². The lowest BCUT2D eigenvalue weighted by Gasteiger charge is -2.27. The molecule has 2 aliphatic carbocycles. The van der Waals surface area contributed by atoms with Gasteiger partial charge in [-0.15, -0.1) is 0 Å². The van der Waals surface area contributed by atoms with Crippen LogP contribution in [-0.2, 0) is 6.42 Å². The zero-order valence-corrected chi connectivity index (χ0v) is 12.0. The maximum absolute atomic E-state index is 5.72. The fourth-order valence-corrected chi connectivity index (χ4v) is 4.10. The highest BCUT2D eigenvalue weighted by molar-refractivity contribution is 5.39. The van der Waals surface area contributed by atoms with Crippen molar-refractivity contribution in [2.45, 2.75) is 32.1 Å². The summed E-state index contributed by atoms with van der Waals surface area (Å²) in [7, 11) is 2.28. The second-order valence-electron chi connectivity index (χ2n) is 6.69. The summed E-state index contributed by atoms with van der Waals surface area (Å²) in [5, 5.41) is 0. The Morgan fingerprint density at radius 3 is 2.58 bits per heavy atom. The summed E-state index contributed by atoms with van der Waals surface area (Å²) < 4.78 is 0. The monoisotopic (exact) mass is 258 g/mol. The molecular weight excluding hydrogens is 232 g/mol. The lowest BCUT2D eigenvalue weighted by molar-refractivity contribution is 0.221. The molecule has 3 atom stereocenters. The van der Waals surface area contributed by atoms with Crippen LogP contribution in [0.4, 0.5) is 5.69 Å². The third-order valence-corrected chi connectivity index (χ3v) is 5.19. The zero-order chi connectivity index (χ0) is 13.2. The number of hydrogen-bond acceptors (Lipinski definition) is 2. The second kappa shape index (κ2) is 5.54. The van der Waals surface area contributed by atoms with Crippen LogP contribution in [0.1, 0.15) is 31.2 Å². The lowest BCUT2D eigenvalue weighted by atomic mass is 9.88. The quantitative estimate of drug-likeness (QED) is 0.822. The Morgan fingerprint density at radius 1 is 1.16 bits per heavy atom. The van der Waals surface area contributed by atoms with Crippen LogP contribution in [0.2, 0.25) is 0 Å². The van der Waals surface area contributed by atoms with Crippen LogP contribution in [-0.4, -0.2) is 25.0 Å². The lowest BCUT2D eigenvalue weighted by Crippen LogP contribution is -2.30. The van der Waals surface area contributed by atoms with Gasteiger partial charge in [0.25, 0.3) is 0 Å². The number of benzene rings is 1. The molecule has 3 unspecified atom stereocenters. The van der Waals surface area contributed by atoms with Crippen LogP contribution in [0, 0.1) is 17.8 Å². The minimum absolute atomic E-state index is 0.860. The van der Waals surface area contributed by atoms with E-state index in [1.807, 2.05) is 12.1 Å². The van der Waals surface area contributed by atoms with Gasteiger partial charge in [0.05, 0.1) is 0 Å². The van der Waals surface area contributed by atoms with E-state index >= 15 is 0 Å². The number of nitrogens with zero attached hydrogens (tertiary/aromatic N) is 1. The summed E-state index contributed by atoms with van der Waals surface area (Å²) >= 11 is 0. The molecule has 1 aromatic carbocycles. The Kier molecular flexibility index (Phi) is 3.79. The first-order valence-corrected chi connectivity index (χ1v) is 7.73. The van der Waals surface area contributed by atoms with Crippen molar-refractivity contribution in [2.24, 2.45) is 17.8 Å². The molecular formula is C17H26N2. The third kappa shape index (κ3) is 3.11. The molecule has 0 aliphatic heterocycles. The third-order valence-electron chi connectivity index (χ3n) is 5.19. The summed E-state index contributed by atoms with van der Waals surface area (Å²) in [4.78, 5) is 2.53. The number of fused-ring (bicyclic) bond motifs is 2. The van der Waals surface area contributed by atoms with E-state index in [0.29, 0.717) is 0 Å². The number of anilines is 1. The highest BCUT2D eigenvalue weighted by atomic mass is 15.1. The summed E-state index contributed by atoms with van der Waals surface area (Å²) in [6.07, 6.45) is 7.17. The number of nitrogen functional groups attached to an aromatic ring is 1. The molecule has 2 saturated carbocycles. The number of hydrogen-bond donors (Lipinski definition) is 1. The van der Waals surface area contributed by atoms with Crippen molar-refractivity contribution in [3.8, 4) is 0 Å². The van der Waals surface area contributed by atoms with Crippen molar-refractivity contribution >= 4 is 5.69 Å². The molecule has 2 aliphatic rings. The molecule has 2 fully saturated rings. The van der Waals surface area contributed by atoms with Gasteiger partial charge in [-0.05, 0) is 68.2 Å². The maximum atomic E-state index is 5.72. The van der Waals surface area contributed by atoms with Crippen molar-refractivity contribution in [3.63, 3.8) is 0 Å². The number of rotatable bonds is 5. The Morgan fingerprint density at radius 2 is 1.95 bits per heavy atom. The second-order valence-corrected chi connectivity index (χ2v) is 6.69. The van der Waals surface area contributed by atoms with E-state index in [1.165, 1.54) is 37.8 Å². The highest BCUT2D eigenvalue weighted by Crippen LogP contribution is 2.48. The van der Waals surface area contributed by atoms with Gasteiger partial charge in [0, 0.05) is 18.8 Å². The molecule has 0 heterocycles. The van der Waals surface area contributed by atoms with Gasteiger partial charge in [-0.3, -0.25) is 0 Å². The first-order chi connectivity index (χ1) is 9.20. The van der Waals surface area contributed by atoms with Gasteiger partial charge in [-0.1, -0.05) is 18.6 Å². The van der Waals surface area contributed by atoms with E-state index < -0.39 is 0 Å². The van der Waals surface area contributed by atoms with Gasteiger partial charge in [0.1, 0.15) is 0 Å². The fourth-order valence-electron chi connectivity index (χ4n) is 4.10. The molecule has 0 aromatic heterocycles. The molecule has 3 rings (SSSR count). The summed E-state index contributed by atoms with van der Waals surface area (Å²) in [6, 6.07) is 8.32. The van der Waals surface area contributed by atoms with Gasteiger partial charge >= 0.3 is 0 Å². The minimum Gasteiger partial charge on any atom is -0.399 e. The fraction of sp³-hybridized carbons (Fsp3) is 0.647. The van der Waals surface area contributed by atoms with Crippen molar-refractivity contribution < 1.29 is 0 Å². The standard InChI is InChI=1S/C17H26N2/c1-19(9-8-13-3-6-17(18)7-4-13)12-16-11-14-2-5-15(16)10-14/h3-4,6-7,14-16H,2,5,8-12,18H2,1H3. The summed E-state index contributed by atoms with van der Waals surface area (Å²) in [5.74, 6) is 3.10. The van der Waals surface area contributed by atoms with E-state index in [9.17, 15) is 0 Å². The zero-order valence-electron chi connectivity index (χ0n) is 12.0. The Labute approximate surface area is 117 Å². The molecule has 2 nitrogen and oxygen atoms in total. The van der Waals surface area contributed by atoms with Crippen LogP contribution in [0.15, 0.2) is 24.3 Å². The van der Waals surface area contributed by atoms with Crippen LogP contribution in [0.5, 0.6) is 0 Å². The van der Waals surface area contributed by atoms with E-state index in [-0.39, 0.29) is 0 Å². The molecule has 0 radical (unpaired) electrons. The Hall–Kier alpha value is -1.02. The van der Waals surface area contributed by atoms with Gasteiger partial charge in [-0.25, -0.2) is 0 Å². The van der Waals surface area contributed by atoms with Gasteiger partial charge < -0.3 is 10.6 Å². The first-order valence-electron chi connectivity index (χ1n) is 7.73. The van der Waals surface area contributed by atoms with Crippen LogP contribution >= 0.6 is 0 Å². The molecule has 104 valence electrons. The molecule has 2 heteroatoms. The number of likely N-dealkylation sites (N-methyl/N-ethyl adjacent to an activating group) is 1. The Bertz CT molecular complexity index is 412. The maximum Gasteiger partial charge on any atom is 0.0314 e. The van der Waals surface area contributed by atoms with Gasteiger partial charge in [0.15, 0.2) is 0 Å². The van der Waals surface area contributed by atoms with Crippen molar-refractivity contribution in [2.75, 3.05) is 25.9 Å². The SMILES string of the molecule is CN(CCc1ccc(N)cc1)CC1CC2CCC1C2. The summed E-state index contributed by atoms with van der Waals surface area (Å²) in [5.41, 5.74) is 7.97. The Balaban J connectivity index is 1.44. The highest BCUT2D eigenvalue weighted by Gasteiger charge is 2.39. The van der Waals surface area contributed by atoms with E-state index in [1.54, 1.807) is 0 Å². The van der Waals surface area contributed by atoms with Gasteiger partial charge in [-0.2, -0.15) is 0 Å². The average Bonchev–Trinajstić information content (AvgIpc) is 3.00. The smallest absolute Gasteiger partial charge is 0.0314 e. The molecule has 0 amide bonds. The minimum atomic E-state index is 0.860. The average molecular weight is 258 g/mol. The first kappa shape index (κ1) is 13.0. The number of nitrogens with two attached hydrogens (primary N) is 1. The molecule has 2 N–H and O–H groups in total. The van der Waals surface area contributed by atoms with E-state index in [0.717, 1.165) is 36.4 Å². The van der Waals surface area contributed by atoms with E-state index in [4.69, 9.17) is 5.73 Å². The molecule has 0 saturated heterocycles. The normalized spacial score (nSPS) is 29.3. The van der Waals surface area contributed by atoms with Gasteiger partial charge in [0.2, 0.25) is 0 Å². The predicted octanol–water partition coefficient (Wildman–Crippen LogP) is 3.18. The molecule has 19 heavy (non-hydrogen) atoms.